The molecule has 0 spiro atoms. The third-order valence-electron chi connectivity index (χ3n) is 4.32. The summed E-state index contributed by atoms with van der Waals surface area (Å²) in [6.45, 7) is 10.1. The second kappa shape index (κ2) is 12.5. The lowest BCUT2D eigenvalue weighted by Gasteiger charge is -2.08. The van der Waals surface area contributed by atoms with Crippen LogP contribution in [-0.4, -0.2) is 18.2 Å². The highest BCUT2D eigenvalue weighted by molar-refractivity contribution is 5.84. The first-order valence-electron chi connectivity index (χ1n) is 9.90. The summed E-state index contributed by atoms with van der Waals surface area (Å²) in [6, 6.07) is 9.40. The fourth-order valence-electron chi connectivity index (χ4n) is 2.61. The number of ether oxygens (including phenoxy) is 2. The molecule has 5 heteroatoms. The van der Waals surface area contributed by atoms with Crippen LogP contribution in [0.25, 0.3) is 5.57 Å². The van der Waals surface area contributed by atoms with Gasteiger partial charge in [-0.25, -0.2) is 4.79 Å². The van der Waals surface area contributed by atoms with Gasteiger partial charge in [0.1, 0.15) is 18.1 Å². The van der Waals surface area contributed by atoms with Crippen molar-refractivity contribution in [3.05, 3.63) is 70.9 Å². The summed E-state index contributed by atoms with van der Waals surface area (Å²) < 4.78 is 16.1. The van der Waals surface area contributed by atoms with Crippen LogP contribution in [0.2, 0.25) is 0 Å². The molecule has 1 aromatic carbocycles. The highest BCUT2D eigenvalue weighted by Gasteiger charge is 2.13. The van der Waals surface area contributed by atoms with E-state index in [9.17, 15) is 4.79 Å². The second-order valence-electron chi connectivity index (χ2n) is 6.15. The van der Waals surface area contributed by atoms with Gasteiger partial charge >= 0.3 is 5.97 Å². The zero-order chi connectivity index (χ0) is 21.8. The number of aromatic carboxylic acids is 1. The molecule has 29 heavy (non-hydrogen) atoms. The van der Waals surface area contributed by atoms with E-state index >= 15 is 0 Å². The molecule has 0 bridgehead atoms. The maximum Gasteiger partial charge on any atom is 0.371 e. The number of carboxylic acid groups (broad SMARTS) is 1. The number of furan rings is 1. The van der Waals surface area contributed by atoms with Crippen molar-refractivity contribution in [1.29, 1.82) is 0 Å². The maximum absolute atomic E-state index is 10.9. The van der Waals surface area contributed by atoms with Gasteiger partial charge < -0.3 is 19.0 Å². The number of hydrogen-bond donors (Lipinski definition) is 1. The summed E-state index contributed by atoms with van der Waals surface area (Å²) in [5.41, 5.74) is 3.14. The average Bonchev–Trinajstić information content (AvgIpc) is 3.12. The molecule has 0 atom stereocenters. The van der Waals surface area contributed by atoms with Gasteiger partial charge in [-0.1, -0.05) is 39.0 Å². The fraction of sp³-hybridized carbons (Fsp3) is 0.375. The Bertz CT molecular complexity index is 825. The quantitative estimate of drug-likeness (QED) is 0.479. The topological polar surface area (TPSA) is 68.9 Å². The molecule has 0 radical (unpaired) electrons. The molecule has 1 heterocycles. The molecule has 0 saturated carbocycles. The molecule has 0 aliphatic heterocycles. The Kier molecular flexibility index (Phi) is 10.4. The fourth-order valence-corrected chi connectivity index (χ4v) is 2.61. The minimum atomic E-state index is -1.08. The van der Waals surface area contributed by atoms with E-state index in [0.29, 0.717) is 5.76 Å². The normalized spacial score (nSPS) is 11.5. The van der Waals surface area contributed by atoms with Crippen LogP contribution in [0.3, 0.4) is 0 Å². The Labute approximate surface area is 173 Å². The first kappa shape index (κ1) is 24.1. The van der Waals surface area contributed by atoms with Gasteiger partial charge in [0.2, 0.25) is 5.76 Å². The van der Waals surface area contributed by atoms with Crippen molar-refractivity contribution in [1.82, 2.24) is 0 Å². The van der Waals surface area contributed by atoms with Crippen molar-refractivity contribution in [3.63, 3.8) is 0 Å². The summed E-state index contributed by atoms with van der Waals surface area (Å²) in [5, 5.41) is 8.97. The number of aryl methyl sites for hydroxylation is 1. The SMILES string of the molecule is CC.CC/C(=C\C/C=C(\C)OC)c1ccc(OCc2cc(C(=O)O)oc2C)cc1. The van der Waals surface area contributed by atoms with E-state index in [0.717, 1.165) is 35.5 Å². The van der Waals surface area contributed by atoms with E-state index < -0.39 is 5.97 Å². The molecule has 2 aromatic rings. The summed E-state index contributed by atoms with van der Waals surface area (Å²) in [6.07, 6.45) is 6.01. The third kappa shape index (κ3) is 7.53. The molecular weight excluding hydrogens is 368 g/mol. The minimum absolute atomic E-state index is 0.0723. The van der Waals surface area contributed by atoms with Crippen LogP contribution < -0.4 is 4.74 Å². The van der Waals surface area contributed by atoms with Crippen molar-refractivity contribution < 1.29 is 23.8 Å². The van der Waals surface area contributed by atoms with Gasteiger partial charge in [-0.15, -0.1) is 0 Å². The zero-order valence-corrected chi connectivity index (χ0v) is 18.2. The number of benzene rings is 1. The van der Waals surface area contributed by atoms with E-state index in [2.05, 4.69) is 13.0 Å². The molecule has 0 fully saturated rings. The maximum atomic E-state index is 10.9. The van der Waals surface area contributed by atoms with Gasteiger partial charge in [-0.3, -0.25) is 0 Å². The first-order valence-corrected chi connectivity index (χ1v) is 9.90. The molecule has 5 nitrogen and oxygen atoms in total. The minimum Gasteiger partial charge on any atom is -0.502 e. The standard InChI is InChI=1S/C22H26O5.C2H6/c1-5-17(8-6-7-15(2)25-4)18-9-11-20(12-10-18)26-14-19-13-21(22(23)24)27-16(19)3;1-2/h7-13H,5-6,14H2,1-4H3,(H,23,24);1-2H3/b15-7+,17-8+;. The highest BCUT2D eigenvalue weighted by atomic mass is 16.5. The summed E-state index contributed by atoms with van der Waals surface area (Å²) in [5.74, 6) is 1.03. The highest BCUT2D eigenvalue weighted by Crippen LogP contribution is 2.23. The van der Waals surface area contributed by atoms with Crippen molar-refractivity contribution >= 4 is 11.5 Å². The van der Waals surface area contributed by atoms with Crippen molar-refractivity contribution in [3.8, 4) is 5.75 Å². The van der Waals surface area contributed by atoms with Crippen molar-refractivity contribution in [2.75, 3.05) is 7.11 Å². The molecule has 1 aromatic heterocycles. The third-order valence-corrected chi connectivity index (χ3v) is 4.32. The number of hydrogen-bond acceptors (Lipinski definition) is 4. The predicted molar refractivity (Wildman–Crippen MR) is 116 cm³/mol. The molecule has 0 unspecified atom stereocenters. The second-order valence-corrected chi connectivity index (χ2v) is 6.15. The van der Waals surface area contributed by atoms with E-state index in [-0.39, 0.29) is 12.4 Å². The Balaban J connectivity index is 0.00000204. The van der Waals surface area contributed by atoms with E-state index in [1.54, 1.807) is 14.0 Å². The van der Waals surface area contributed by atoms with E-state index in [1.807, 2.05) is 51.1 Å². The van der Waals surface area contributed by atoms with Gasteiger partial charge in [-0.2, -0.15) is 0 Å². The average molecular weight is 401 g/mol. The van der Waals surface area contributed by atoms with Crippen LogP contribution in [0.5, 0.6) is 5.75 Å². The molecule has 0 aliphatic rings. The monoisotopic (exact) mass is 400 g/mol. The largest absolute Gasteiger partial charge is 0.502 e. The van der Waals surface area contributed by atoms with Crippen LogP contribution in [0.15, 0.2) is 52.7 Å². The smallest absolute Gasteiger partial charge is 0.371 e. The molecule has 0 aliphatic carbocycles. The van der Waals surface area contributed by atoms with Crippen LogP contribution in [-0.2, 0) is 11.3 Å². The van der Waals surface area contributed by atoms with Crippen LogP contribution in [0.4, 0.5) is 0 Å². The molecule has 2 rings (SSSR count). The Hall–Kier alpha value is -2.95. The lowest BCUT2D eigenvalue weighted by atomic mass is 10.0. The predicted octanol–water partition coefficient (Wildman–Crippen LogP) is 6.63. The van der Waals surface area contributed by atoms with Gasteiger partial charge in [0, 0.05) is 5.56 Å². The van der Waals surface area contributed by atoms with Crippen molar-refractivity contribution in [2.24, 2.45) is 0 Å². The Morgan fingerprint density at radius 1 is 1.17 bits per heavy atom. The van der Waals surface area contributed by atoms with E-state index in [1.165, 1.54) is 11.6 Å². The van der Waals surface area contributed by atoms with Crippen LogP contribution >= 0.6 is 0 Å². The molecule has 0 saturated heterocycles. The molecule has 0 amide bonds. The lowest BCUT2D eigenvalue weighted by Crippen LogP contribution is -1.96. The van der Waals surface area contributed by atoms with Crippen LogP contribution in [0, 0.1) is 6.92 Å². The number of carboxylic acids is 1. The van der Waals surface area contributed by atoms with Gasteiger partial charge in [0.05, 0.1) is 12.9 Å². The van der Waals surface area contributed by atoms with Crippen molar-refractivity contribution in [2.45, 2.75) is 54.1 Å². The molecule has 158 valence electrons. The van der Waals surface area contributed by atoms with Gasteiger partial charge in [0.15, 0.2) is 0 Å². The number of methoxy groups -OCH3 is 1. The summed E-state index contributed by atoms with van der Waals surface area (Å²) in [7, 11) is 1.67. The number of carbonyl (C=O) groups is 1. The van der Waals surface area contributed by atoms with Crippen LogP contribution in [0.1, 0.15) is 68.0 Å². The lowest BCUT2D eigenvalue weighted by molar-refractivity contribution is 0.0661. The number of allylic oxidation sites excluding steroid dienone is 4. The Morgan fingerprint density at radius 3 is 2.34 bits per heavy atom. The molecular formula is C24H32O5. The number of rotatable bonds is 9. The summed E-state index contributed by atoms with van der Waals surface area (Å²) in [4.78, 5) is 10.9. The van der Waals surface area contributed by atoms with Gasteiger partial charge in [0.25, 0.3) is 0 Å². The Morgan fingerprint density at radius 2 is 1.83 bits per heavy atom. The first-order chi connectivity index (χ1) is 13.9. The summed E-state index contributed by atoms with van der Waals surface area (Å²) >= 11 is 0. The molecule has 1 N–H and O–H groups in total. The zero-order valence-electron chi connectivity index (χ0n) is 18.2. The van der Waals surface area contributed by atoms with E-state index in [4.69, 9.17) is 19.0 Å². The van der Waals surface area contributed by atoms with Gasteiger partial charge in [-0.05, 0) is 62.1 Å².